The molecule has 0 aromatic heterocycles. The Morgan fingerprint density at radius 2 is 0.500 bits per heavy atom. The van der Waals surface area contributed by atoms with Crippen LogP contribution in [0.25, 0.3) is 0 Å². The van der Waals surface area contributed by atoms with E-state index < -0.39 is 0 Å². The van der Waals surface area contributed by atoms with Gasteiger partial charge in [-0.1, -0.05) is 28.7 Å². The van der Waals surface area contributed by atoms with Crippen LogP contribution in [0, 0.1) is 0 Å². The highest BCUT2D eigenvalue weighted by atomic mass is 14.4. The van der Waals surface area contributed by atoms with E-state index in [2.05, 4.69) is 17.2 Å². The van der Waals surface area contributed by atoms with Gasteiger partial charge in [-0.3, -0.25) is 0 Å². The largest absolute Gasteiger partial charge is 0.333 e. The molecule has 0 radical (unpaired) electrons. The fourth-order valence-corrected chi connectivity index (χ4v) is 0. The van der Waals surface area contributed by atoms with E-state index in [1.54, 1.807) is 0 Å². The van der Waals surface area contributed by atoms with Crippen molar-refractivity contribution in [2.24, 2.45) is 17.2 Å². The monoisotopic (exact) mass is 155 g/mol. The molecular weight excluding hydrogens is 126 g/mol. The van der Waals surface area contributed by atoms with Crippen LogP contribution in [0.3, 0.4) is 0 Å². The molecule has 0 saturated heterocycles. The van der Waals surface area contributed by atoms with E-state index in [1.165, 1.54) is 21.1 Å². The summed E-state index contributed by atoms with van der Waals surface area (Å²) in [5, 5.41) is 0. The second-order valence-electron chi connectivity index (χ2n) is 0. The summed E-state index contributed by atoms with van der Waals surface area (Å²) in [5.74, 6) is 0. The number of rotatable bonds is 0. The first-order valence-corrected chi connectivity index (χ1v) is 2.73. The summed E-state index contributed by atoms with van der Waals surface area (Å²) in [6.45, 7) is 4.00. The lowest BCUT2D eigenvalue weighted by molar-refractivity contribution is 1.48. The van der Waals surface area contributed by atoms with Crippen molar-refractivity contribution in [2.45, 2.75) is 28.7 Å². The van der Waals surface area contributed by atoms with Gasteiger partial charge in [-0.15, -0.1) is 0 Å². The van der Waals surface area contributed by atoms with Crippen LogP contribution in [0.5, 0.6) is 0 Å². The van der Waals surface area contributed by atoms with Crippen molar-refractivity contribution in [3.8, 4) is 0 Å². The molecular formula is C7H29N3. The number of hydrogen-bond donors (Lipinski definition) is 3. The molecule has 72 valence electrons. The number of hydrogen-bond acceptors (Lipinski definition) is 3. The van der Waals surface area contributed by atoms with Crippen LogP contribution in [0.1, 0.15) is 28.7 Å². The van der Waals surface area contributed by atoms with Crippen molar-refractivity contribution in [1.29, 1.82) is 0 Å². The molecule has 0 aliphatic rings. The molecule has 0 aromatic rings. The Bertz CT molecular complexity index is 8.81. The van der Waals surface area contributed by atoms with Crippen molar-refractivity contribution < 1.29 is 0 Å². The van der Waals surface area contributed by atoms with Crippen LogP contribution in [-0.2, 0) is 0 Å². The Balaban J connectivity index is -0.00000000500. The maximum absolute atomic E-state index is 4.50. The van der Waals surface area contributed by atoms with Gasteiger partial charge in [0.25, 0.3) is 0 Å². The quantitative estimate of drug-likeness (QED) is 0.489. The van der Waals surface area contributed by atoms with Gasteiger partial charge in [0.1, 0.15) is 0 Å². The third-order valence-corrected chi connectivity index (χ3v) is 0. The molecule has 0 heterocycles. The molecule has 0 aromatic carbocycles. The minimum atomic E-state index is 0. The topological polar surface area (TPSA) is 78.1 Å². The number of nitrogens with two attached hydrogens (primary N) is 3. The van der Waals surface area contributed by atoms with Gasteiger partial charge in [0.15, 0.2) is 0 Å². The molecule has 10 heavy (non-hydrogen) atoms. The maximum atomic E-state index is 4.50. The predicted octanol–water partition coefficient (Wildman–Crippen LogP) is 1.02. The third kappa shape index (κ3) is 25900. The van der Waals surface area contributed by atoms with Crippen LogP contribution in [0.2, 0.25) is 0 Å². The Morgan fingerprint density at radius 3 is 0.500 bits per heavy atom. The lowest BCUT2D eigenvalue weighted by atomic mass is 11.0. The zero-order valence-corrected chi connectivity index (χ0v) is 6.73. The molecule has 3 heteroatoms. The third-order valence-electron chi connectivity index (χ3n) is 0. The molecule has 0 rings (SSSR count). The Hall–Kier alpha value is -0.120. The van der Waals surface area contributed by atoms with Crippen molar-refractivity contribution in [1.82, 2.24) is 0 Å². The van der Waals surface area contributed by atoms with Crippen LogP contribution in [0.15, 0.2) is 0 Å². The van der Waals surface area contributed by atoms with Crippen molar-refractivity contribution in [2.75, 3.05) is 21.1 Å². The van der Waals surface area contributed by atoms with Gasteiger partial charge < -0.3 is 17.2 Å². The van der Waals surface area contributed by atoms with Gasteiger partial charge in [-0.2, -0.15) is 0 Å². The highest BCUT2D eigenvalue weighted by Gasteiger charge is 0.932. The van der Waals surface area contributed by atoms with E-state index in [-0.39, 0.29) is 14.9 Å². The molecule has 0 spiro atoms. The summed E-state index contributed by atoms with van der Waals surface area (Å²) in [6.07, 6.45) is 0. The van der Waals surface area contributed by atoms with Crippen molar-refractivity contribution in [3.63, 3.8) is 0 Å². The van der Waals surface area contributed by atoms with E-state index >= 15 is 0 Å². The normalized spacial score (nSPS) is 2.40. The van der Waals surface area contributed by atoms with Gasteiger partial charge in [0, 0.05) is 0 Å². The minimum absolute atomic E-state index is 0. The Morgan fingerprint density at radius 1 is 0.500 bits per heavy atom. The van der Waals surface area contributed by atoms with Gasteiger partial charge in [-0.05, 0) is 21.1 Å². The Kier molecular flexibility index (Phi) is 198000. The first kappa shape index (κ1) is 51.8. The molecule has 0 aliphatic heterocycles. The fraction of sp³-hybridized carbons (Fsp3) is 1.00. The lowest BCUT2D eigenvalue weighted by Gasteiger charge is -1.19. The van der Waals surface area contributed by atoms with Crippen molar-refractivity contribution >= 4 is 0 Å². The second-order valence-corrected chi connectivity index (χ2v) is 0. The average molecular weight is 155 g/mol. The second kappa shape index (κ2) is 38300. The predicted molar refractivity (Wildman–Crippen MR) is 55.1 cm³/mol. The van der Waals surface area contributed by atoms with Gasteiger partial charge in [-0.25, -0.2) is 0 Å². The zero-order valence-electron chi connectivity index (χ0n) is 6.73. The molecule has 0 atom stereocenters. The van der Waals surface area contributed by atoms with Crippen molar-refractivity contribution in [3.05, 3.63) is 0 Å². The van der Waals surface area contributed by atoms with Crippen LogP contribution >= 0.6 is 0 Å². The SMILES string of the molecule is C.C.CC.CN.CN.CN. The molecule has 0 bridgehead atoms. The highest BCUT2D eigenvalue weighted by molar-refractivity contribution is 3.54. The molecule has 0 aliphatic carbocycles. The Labute approximate surface area is 68.0 Å². The van der Waals surface area contributed by atoms with E-state index in [4.69, 9.17) is 0 Å². The molecule has 0 amide bonds. The summed E-state index contributed by atoms with van der Waals surface area (Å²) in [5.41, 5.74) is 13.5. The lowest BCUT2D eigenvalue weighted by Crippen LogP contribution is -1.69. The van der Waals surface area contributed by atoms with E-state index in [9.17, 15) is 0 Å². The first-order valence-electron chi connectivity index (χ1n) is 2.73. The first-order chi connectivity index (χ1) is 4.00. The van der Waals surface area contributed by atoms with E-state index in [0.717, 1.165) is 0 Å². The maximum Gasteiger partial charge on any atom is -0.0195 e. The molecule has 0 unspecified atom stereocenters. The zero-order chi connectivity index (χ0) is 8.00. The summed E-state index contributed by atoms with van der Waals surface area (Å²) >= 11 is 0. The molecule has 0 fully saturated rings. The summed E-state index contributed by atoms with van der Waals surface area (Å²) in [6, 6.07) is 0. The summed E-state index contributed by atoms with van der Waals surface area (Å²) < 4.78 is 0. The van der Waals surface area contributed by atoms with E-state index in [0.29, 0.717) is 0 Å². The van der Waals surface area contributed by atoms with Gasteiger partial charge in [0.05, 0.1) is 0 Å². The van der Waals surface area contributed by atoms with Gasteiger partial charge >= 0.3 is 0 Å². The van der Waals surface area contributed by atoms with Crippen LogP contribution in [-0.4, -0.2) is 21.1 Å². The van der Waals surface area contributed by atoms with Crippen LogP contribution < -0.4 is 17.2 Å². The van der Waals surface area contributed by atoms with E-state index in [1.807, 2.05) is 13.8 Å². The summed E-state index contributed by atoms with van der Waals surface area (Å²) in [4.78, 5) is 0. The van der Waals surface area contributed by atoms with Gasteiger partial charge in [0.2, 0.25) is 0 Å². The average Bonchev–Trinajstić information content (AvgIpc) is 2.03. The molecule has 0 saturated carbocycles. The van der Waals surface area contributed by atoms with Crippen LogP contribution in [0.4, 0.5) is 0 Å². The minimum Gasteiger partial charge on any atom is -0.333 e. The molecule has 3 nitrogen and oxygen atoms in total. The summed E-state index contributed by atoms with van der Waals surface area (Å²) in [7, 11) is 4.50. The smallest absolute Gasteiger partial charge is 0.0195 e. The standard InChI is InChI=1S/C2H6.3CH5N.2CH4/c4*1-2;;/h1-2H3;3*2H2,1H3;2*1H4. The fourth-order valence-electron chi connectivity index (χ4n) is 0. The highest BCUT2D eigenvalue weighted by Crippen LogP contribution is 1.14. The molecule has 6 N–H and O–H groups in total.